The molecule has 2 aromatic rings. The van der Waals surface area contributed by atoms with Crippen LogP contribution in [-0.2, 0) is 6.54 Å². The van der Waals surface area contributed by atoms with E-state index in [4.69, 9.17) is 9.52 Å². The SMILES string of the molecule is Cc1cc(CNc2ccsc2)oc1C(=O)O. The molecule has 0 spiro atoms. The van der Waals surface area contributed by atoms with Gasteiger partial charge in [0.1, 0.15) is 5.76 Å². The molecule has 2 heterocycles. The van der Waals surface area contributed by atoms with E-state index in [1.165, 1.54) is 0 Å². The van der Waals surface area contributed by atoms with E-state index in [0.29, 0.717) is 17.9 Å². The number of hydrogen-bond donors (Lipinski definition) is 2. The Balaban J connectivity index is 2.05. The van der Waals surface area contributed by atoms with Gasteiger partial charge >= 0.3 is 5.97 Å². The van der Waals surface area contributed by atoms with Crippen molar-refractivity contribution >= 4 is 23.0 Å². The molecule has 4 nitrogen and oxygen atoms in total. The Morgan fingerprint density at radius 1 is 1.62 bits per heavy atom. The first-order chi connectivity index (χ1) is 7.66. The minimum atomic E-state index is -1.03. The summed E-state index contributed by atoms with van der Waals surface area (Å²) in [6.07, 6.45) is 0. The summed E-state index contributed by atoms with van der Waals surface area (Å²) < 4.78 is 5.22. The zero-order valence-corrected chi connectivity index (χ0v) is 9.50. The smallest absolute Gasteiger partial charge is 0.372 e. The molecule has 0 aromatic carbocycles. The van der Waals surface area contributed by atoms with Crippen LogP contribution in [0.3, 0.4) is 0 Å². The molecule has 0 aliphatic carbocycles. The van der Waals surface area contributed by atoms with Crippen molar-refractivity contribution in [2.45, 2.75) is 13.5 Å². The quantitative estimate of drug-likeness (QED) is 0.858. The van der Waals surface area contributed by atoms with Crippen molar-refractivity contribution in [2.24, 2.45) is 0 Å². The van der Waals surface area contributed by atoms with Gasteiger partial charge in [-0.2, -0.15) is 11.3 Å². The number of nitrogens with one attached hydrogen (secondary N) is 1. The summed E-state index contributed by atoms with van der Waals surface area (Å²) in [4.78, 5) is 10.8. The molecule has 0 unspecified atom stereocenters. The van der Waals surface area contributed by atoms with Crippen LogP contribution in [0.25, 0.3) is 0 Å². The summed E-state index contributed by atoms with van der Waals surface area (Å²) in [6, 6.07) is 3.70. The van der Waals surface area contributed by atoms with Crippen LogP contribution in [0.2, 0.25) is 0 Å². The Labute approximate surface area is 96.5 Å². The minimum Gasteiger partial charge on any atom is -0.475 e. The topological polar surface area (TPSA) is 62.5 Å². The molecular formula is C11H11NO3S. The maximum Gasteiger partial charge on any atom is 0.372 e. The van der Waals surface area contributed by atoms with E-state index >= 15 is 0 Å². The van der Waals surface area contributed by atoms with Crippen molar-refractivity contribution in [1.29, 1.82) is 0 Å². The van der Waals surface area contributed by atoms with E-state index in [1.807, 2.05) is 16.8 Å². The highest BCUT2D eigenvalue weighted by Crippen LogP contribution is 2.17. The van der Waals surface area contributed by atoms with Gasteiger partial charge in [-0.05, 0) is 24.4 Å². The van der Waals surface area contributed by atoms with Gasteiger partial charge in [-0.15, -0.1) is 0 Å². The number of aryl methyl sites for hydroxylation is 1. The summed E-state index contributed by atoms with van der Waals surface area (Å²) in [5.74, 6) is -0.387. The Hall–Kier alpha value is -1.75. The molecule has 0 radical (unpaired) electrons. The fraction of sp³-hybridized carbons (Fsp3) is 0.182. The molecule has 0 saturated heterocycles. The lowest BCUT2D eigenvalue weighted by Crippen LogP contribution is -1.97. The Bertz CT molecular complexity index is 487. The standard InChI is InChI=1S/C11H11NO3S/c1-7-4-9(15-10(7)11(13)14)5-12-8-2-3-16-6-8/h2-4,6,12H,5H2,1H3,(H,13,14). The third-order valence-corrected chi connectivity index (χ3v) is 2.83. The van der Waals surface area contributed by atoms with Gasteiger partial charge in [0.25, 0.3) is 0 Å². The predicted octanol–water partition coefficient (Wildman–Crippen LogP) is 2.96. The molecule has 0 aliphatic rings. The van der Waals surface area contributed by atoms with Crippen LogP contribution in [0.4, 0.5) is 5.69 Å². The molecule has 0 amide bonds. The Morgan fingerprint density at radius 3 is 3.00 bits per heavy atom. The maximum atomic E-state index is 10.8. The van der Waals surface area contributed by atoms with Crippen molar-refractivity contribution in [3.63, 3.8) is 0 Å². The zero-order chi connectivity index (χ0) is 11.5. The van der Waals surface area contributed by atoms with Crippen molar-refractivity contribution < 1.29 is 14.3 Å². The van der Waals surface area contributed by atoms with Gasteiger partial charge in [-0.3, -0.25) is 0 Å². The Morgan fingerprint density at radius 2 is 2.44 bits per heavy atom. The van der Waals surface area contributed by atoms with Gasteiger partial charge in [0.05, 0.1) is 6.54 Å². The number of aromatic carboxylic acids is 1. The first-order valence-corrected chi connectivity index (χ1v) is 5.70. The predicted molar refractivity (Wildman–Crippen MR) is 62.1 cm³/mol. The highest BCUT2D eigenvalue weighted by Gasteiger charge is 2.13. The molecule has 0 saturated carbocycles. The van der Waals surface area contributed by atoms with Gasteiger partial charge in [0, 0.05) is 16.6 Å². The molecule has 0 fully saturated rings. The second kappa shape index (κ2) is 4.40. The normalized spacial score (nSPS) is 10.3. The van der Waals surface area contributed by atoms with Crippen LogP contribution in [0.5, 0.6) is 0 Å². The van der Waals surface area contributed by atoms with Gasteiger partial charge in [-0.1, -0.05) is 0 Å². The minimum absolute atomic E-state index is 0.0159. The summed E-state index contributed by atoms with van der Waals surface area (Å²) >= 11 is 1.60. The number of carbonyl (C=O) groups is 1. The maximum absolute atomic E-state index is 10.8. The second-order valence-corrected chi connectivity index (χ2v) is 4.18. The van der Waals surface area contributed by atoms with Crippen LogP contribution in [0.15, 0.2) is 27.3 Å². The summed E-state index contributed by atoms with van der Waals surface area (Å²) in [5, 5.41) is 15.9. The molecule has 16 heavy (non-hydrogen) atoms. The fourth-order valence-corrected chi connectivity index (χ4v) is 2.01. The molecular weight excluding hydrogens is 226 g/mol. The summed E-state index contributed by atoms with van der Waals surface area (Å²) in [5.41, 5.74) is 1.66. The number of carboxylic acid groups (broad SMARTS) is 1. The number of carboxylic acids is 1. The van der Waals surface area contributed by atoms with E-state index in [9.17, 15) is 4.79 Å². The number of anilines is 1. The van der Waals surface area contributed by atoms with Gasteiger partial charge in [0.2, 0.25) is 5.76 Å². The monoisotopic (exact) mass is 237 g/mol. The summed E-state index contributed by atoms with van der Waals surface area (Å²) in [7, 11) is 0. The molecule has 84 valence electrons. The summed E-state index contributed by atoms with van der Waals surface area (Å²) in [6.45, 7) is 2.21. The first kappa shape index (κ1) is 10.8. The van der Waals surface area contributed by atoms with Crippen LogP contribution in [0, 0.1) is 6.92 Å². The lowest BCUT2D eigenvalue weighted by atomic mass is 10.2. The lowest BCUT2D eigenvalue weighted by Gasteiger charge is -1.99. The van der Waals surface area contributed by atoms with E-state index in [-0.39, 0.29) is 5.76 Å². The van der Waals surface area contributed by atoms with E-state index in [1.54, 1.807) is 24.3 Å². The number of rotatable bonds is 4. The molecule has 2 aromatic heterocycles. The average molecular weight is 237 g/mol. The van der Waals surface area contributed by atoms with Crippen LogP contribution < -0.4 is 5.32 Å². The Kier molecular flexibility index (Phi) is 2.96. The van der Waals surface area contributed by atoms with Crippen LogP contribution >= 0.6 is 11.3 Å². The molecule has 5 heteroatoms. The van der Waals surface area contributed by atoms with E-state index < -0.39 is 5.97 Å². The van der Waals surface area contributed by atoms with Crippen molar-refractivity contribution in [3.05, 3.63) is 40.0 Å². The fourth-order valence-electron chi connectivity index (χ4n) is 1.40. The van der Waals surface area contributed by atoms with E-state index in [2.05, 4.69) is 5.32 Å². The lowest BCUT2D eigenvalue weighted by molar-refractivity contribution is 0.0659. The average Bonchev–Trinajstić information content (AvgIpc) is 2.83. The largest absolute Gasteiger partial charge is 0.475 e. The number of thiophene rings is 1. The number of furan rings is 1. The third-order valence-electron chi connectivity index (χ3n) is 2.15. The van der Waals surface area contributed by atoms with Crippen molar-refractivity contribution in [1.82, 2.24) is 0 Å². The highest BCUT2D eigenvalue weighted by molar-refractivity contribution is 7.08. The van der Waals surface area contributed by atoms with Crippen molar-refractivity contribution in [2.75, 3.05) is 5.32 Å². The third kappa shape index (κ3) is 2.25. The van der Waals surface area contributed by atoms with E-state index in [0.717, 1.165) is 5.69 Å². The molecule has 2 N–H and O–H groups in total. The van der Waals surface area contributed by atoms with Crippen molar-refractivity contribution in [3.8, 4) is 0 Å². The molecule has 0 bridgehead atoms. The molecule has 2 rings (SSSR count). The highest BCUT2D eigenvalue weighted by atomic mass is 32.1. The van der Waals surface area contributed by atoms with Gasteiger partial charge in [0.15, 0.2) is 0 Å². The van der Waals surface area contributed by atoms with Gasteiger partial charge < -0.3 is 14.8 Å². The van der Waals surface area contributed by atoms with Gasteiger partial charge in [-0.25, -0.2) is 4.79 Å². The second-order valence-electron chi connectivity index (χ2n) is 3.40. The van der Waals surface area contributed by atoms with Crippen LogP contribution in [0.1, 0.15) is 21.9 Å². The zero-order valence-electron chi connectivity index (χ0n) is 8.69. The number of hydrogen-bond acceptors (Lipinski definition) is 4. The molecule has 0 atom stereocenters. The first-order valence-electron chi connectivity index (χ1n) is 4.75. The van der Waals surface area contributed by atoms with Crippen LogP contribution in [-0.4, -0.2) is 11.1 Å². The molecule has 0 aliphatic heterocycles.